The van der Waals surface area contributed by atoms with Gasteiger partial charge in [-0.3, -0.25) is 9.59 Å². The Hall–Kier alpha value is -2.67. The molecule has 1 atom stereocenters. The van der Waals surface area contributed by atoms with E-state index in [1.165, 1.54) is 5.56 Å². The highest BCUT2D eigenvalue weighted by Crippen LogP contribution is 2.39. The third kappa shape index (κ3) is 4.44. The third-order valence-electron chi connectivity index (χ3n) is 6.92. The molecule has 1 aromatic carbocycles. The summed E-state index contributed by atoms with van der Waals surface area (Å²) in [6, 6.07) is 8.03. The zero-order chi connectivity index (χ0) is 21.9. The van der Waals surface area contributed by atoms with E-state index >= 15 is 0 Å². The van der Waals surface area contributed by atoms with Gasteiger partial charge in [-0.05, 0) is 62.5 Å². The number of benzene rings is 1. The van der Waals surface area contributed by atoms with Crippen molar-refractivity contribution in [2.24, 2.45) is 4.99 Å². The highest BCUT2D eigenvalue weighted by atomic mass is 16.5. The van der Waals surface area contributed by atoms with E-state index in [2.05, 4.69) is 11.1 Å². The molecule has 4 heterocycles. The molecule has 1 aliphatic carbocycles. The maximum absolute atomic E-state index is 13.1. The molecule has 1 aromatic rings. The van der Waals surface area contributed by atoms with Crippen LogP contribution in [0.4, 0.5) is 0 Å². The molecule has 4 aliphatic heterocycles. The molecule has 2 bridgehead atoms. The third-order valence-corrected chi connectivity index (χ3v) is 6.92. The molecule has 7 nitrogen and oxygen atoms in total. The molecule has 2 amide bonds. The van der Waals surface area contributed by atoms with Crippen LogP contribution in [0.25, 0.3) is 0 Å². The first-order valence-electron chi connectivity index (χ1n) is 11.8. The lowest BCUT2D eigenvalue weighted by atomic mass is 9.82. The van der Waals surface area contributed by atoms with Gasteiger partial charge < -0.3 is 19.1 Å². The number of rotatable bonds is 1. The molecule has 0 aromatic heterocycles. The topological polar surface area (TPSA) is 77.4 Å². The fraction of sp³-hybridized carbons (Fsp3) is 0.560. The zero-order valence-corrected chi connectivity index (χ0v) is 18.3. The molecule has 6 rings (SSSR count). The van der Waals surface area contributed by atoms with E-state index in [1.807, 2.05) is 18.2 Å². The average molecular weight is 439 g/mol. The van der Waals surface area contributed by atoms with Gasteiger partial charge in [0.2, 0.25) is 0 Å². The van der Waals surface area contributed by atoms with Crippen LogP contribution >= 0.6 is 0 Å². The normalized spacial score (nSPS) is 31.2. The number of hydrogen-bond donors (Lipinski definition) is 0. The summed E-state index contributed by atoms with van der Waals surface area (Å²) in [7, 11) is 0. The van der Waals surface area contributed by atoms with Gasteiger partial charge in [-0.2, -0.15) is 0 Å². The highest BCUT2D eigenvalue weighted by Gasteiger charge is 2.33. The van der Waals surface area contributed by atoms with Gasteiger partial charge in [0.25, 0.3) is 11.8 Å². The van der Waals surface area contributed by atoms with Gasteiger partial charge in [-0.15, -0.1) is 0 Å². The molecular formula is C25H30N2O5. The van der Waals surface area contributed by atoms with Crippen LogP contribution in [0.3, 0.4) is 0 Å². The summed E-state index contributed by atoms with van der Waals surface area (Å²) in [5.74, 6) is 0.781. The van der Waals surface area contributed by atoms with Gasteiger partial charge in [-0.1, -0.05) is 18.2 Å². The van der Waals surface area contributed by atoms with Crippen molar-refractivity contribution in [1.29, 1.82) is 0 Å². The van der Waals surface area contributed by atoms with Crippen LogP contribution in [-0.4, -0.2) is 54.4 Å². The molecule has 0 radical (unpaired) electrons. The summed E-state index contributed by atoms with van der Waals surface area (Å²) in [6.07, 6.45) is 8.36. The molecule has 5 aliphatic rings. The number of allylic oxidation sites excluding steroid dienone is 1. The van der Waals surface area contributed by atoms with Crippen molar-refractivity contribution in [2.45, 2.75) is 69.5 Å². The second-order valence-corrected chi connectivity index (χ2v) is 8.99. The minimum Gasteiger partial charge on any atom is -0.496 e. The van der Waals surface area contributed by atoms with Crippen molar-refractivity contribution in [1.82, 2.24) is 4.90 Å². The lowest BCUT2D eigenvalue weighted by Crippen LogP contribution is -2.32. The Morgan fingerprint density at radius 3 is 2.72 bits per heavy atom. The molecule has 32 heavy (non-hydrogen) atoms. The first kappa shape index (κ1) is 21.2. The Kier molecular flexibility index (Phi) is 6.26. The Balaban J connectivity index is 1.41. The van der Waals surface area contributed by atoms with Gasteiger partial charge in [-0.25, -0.2) is 4.99 Å². The first-order chi connectivity index (χ1) is 15.7. The number of carbonyl (C=O) groups excluding carboxylic acids is 2. The Bertz CT molecular complexity index is 926. The lowest BCUT2D eigenvalue weighted by Gasteiger charge is -2.29. The summed E-state index contributed by atoms with van der Waals surface area (Å²) >= 11 is 0. The Labute approximate surface area is 188 Å². The van der Waals surface area contributed by atoms with Crippen molar-refractivity contribution >= 4 is 17.5 Å². The smallest absolute Gasteiger partial charge is 0.275 e. The van der Waals surface area contributed by atoms with Gasteiger partial charge in [0, 0.05) is 19.6 Å². The average Bonchev–Trinajstić information content (AvgIpc) is 3.24. The van der Waals surface area contributed by atoms with Crippen LogP contribution in [0.2, 0.25) is 0 Å². The summed E-state index contributed by atoms with van der Waals surface area (Å²) in [5.41, 5.74) is 2.35. The standard InChI is InChI=1S/C25H30N2O5/c28-24-16-32-22-6-2-1-5-19(22)17-8-10-18(11-9-17)31-15-21-20(12-13-27(21)24)26-25(29)23-7-3-4-14-30-23/h1-2,5-6,15,17-18,23H,3-4,7-14,16H2/b21-15-,26-20?/t17?,18?,23-/m0/s1. The van der Waals surface area contributed by atoms with Gasteiger partial charge in [0.05, 0.1) is 11.8 Å². The summed E-state index contributed by atoms with van der Waals surface area (Å²) in [4.78, 5) is 31.8. The van der Waals surface area contributed by atoms with Gasteiger partial charge in [0.15, 0.2) is 6.61 Å². The molecule has 170 valence electrons. The van der Waals surface area contributed by atoms with E-state index in [0.29, 0.717) is 43.3 Å². The van der Waals surface area contributed by atoms with E-state index in [1.54, 1.807) is 11.2 Å². The van der Waals surface area contributed by atoms with E-state index in [-0.39, 0.29) is 24.5 Å². The van der Waals surface area contributed by atoms with Crippen LogP contribution in [0.15, 0.2) is 41.2 Å². The van der Waals surface area contributed by atoms with Gasteiger partial charge in [0.1, 0.15) is 23.8 Å². The van der Waals surface area contributed by atoms with Crippen molar-refractivity contribution in [3.05, 3.63) is 41.8 Å². The molecular weight excluding hydrogens is 408 g/mol. The fourth-order valence-electron chi connectivity index (χ4n) is 5.10. The predicted molar refractivity (Wildman–Crippen MR) is 118 cm³/mol. The molecule has 3 fully saturated rings. The highest BCUT2D eigenvalue weighted by molar-refractivity contribution is 6.10. The number of carbonyl (C=O) groups is 2. The van der Waals surface area contributed by atoms with E-state index in [9.17, 15) is 9.59 Å². The summed E-state index contributed by atoms with van der Waals surface area (Å²) in [5, 5.41) is 0. The number of aliphatic imine (C=N–C) groups is 1. The van der Waals surface area contributed by atoms with Crippen LogP contribution in [0, 0.1) is 0 Å². The number of ether oxygens (including phenoxy) is 3. The second-order valence-electron chi connectivity index (χ2n) is 8.99. The number of nitrogens with zero attached hydrogens (tertiary/aromatic N) is 2. The van der Waals surface area contributed by atoms with Crippen LogP contribution < -0.4 is 4.74 Å². The van der Waals surface area contributed by atoms with Crippen LogP contribution in [0.1, 0.15) is 62.8 Å². The molecule has 0 spiro atoms. The Morgan fingerprint density at radius 2 is 1.91 bits per heavy atom. The number of hydrogen-bond acceptors (Lipinski definition) is 5. The minimum absolute atomic E-state index is 0.0581. The largest absolute Gasteiger partial charge is 0.496 e. The minimum atomic E-state index is -0.479. The quantitative estimate of drug-likeness (QED) is 0.668. The molecule has 2 saturated heterocycles. The Morgan fingerprint density at radius 1 is 1.06 bits per heavy atom. The summed E-state index contributed by atoms with van der Waals surface area (Å²) < 4.78 is 17.7. The molecule has 0 unspecified atom stereocenters. The van der Waals surface area contributed by atoms with Crippen molar-refractivity contribution in [2.75, 3.05) is 19.8 Å². The molecule has 7 heteroatoms. The van der Waals surface area contributed by atoms with E-state index in [0.717, 1.165) is 44.3 Å². The molecule has 1 saturated carbocycles. The monoisotopic (exact) mass is 438 g/mol. The summed E-state index contributed by atoms with van der Waals surface area (Å²) in [6.45, 7) is 1.00. The number of amides is 2. The number of para-hydroxylation sites is 1. The maximum atomic E-state index is 13.1. The van der Waals surface area contributed by atoms with Crippen LogP contribution in [-0.2, 0) is 19.1 Å². The predicted octanol–water partition coefficient (Wildman–Crippen LogP) is 3.73. The lowest BCUT2D eigenvalue weighted by molar-refractivity contribution is -0.132. The van der Waals surface area contributed by atoms with Crippen molar-refractivity contribution in [3.63, 3.8) is 0 Å². The van der Waals surface area contributed by atoms with Gasteiger partial charge >= 0.3 is 0 Å². The van der Waals surface area contributed by atoms with Crippen molar-refractivity contribution < 1.29 is 23.8 Å². The first-order valence-corrected chi connectivity index (χ1v) is 11.8. The fourth-order valence-corrected chi connectivity index (χ4v) is 5.10. The second kappa shape index (κ2) is 9.45. The van der Waals surface area contributed by atoms with E-state index in [4.69, 9.17) is 14.2 Å². The van der Waals surface area contributed by atoms with Crippen LogP contribution in [0.5, 0.6) is 5.75 Å². The molecule has 0 N–H and O–H groups in total. The zero-order valence-electron chi connectivity index (χ0n) is 18.3. The maximum Gasteiger partial charge on any atom is 0.275 e. The van der Waals surface area contributed by atoms with Crippen molar-refractivity contribution in [3.8, 4) is 5.75 Å². The number of fused-ring (bicyclic) bond motifs is 5. The SMILES string of the molecule is O=C(N=C1CCN2C(=O)COc3ccccc3C3CCC(CC3)O/C=C/12)[C@@H]1CCCCO1. The van der Waals surface area contributed by atoms with E-state index < -0.39 is 6.10 Å².